The third-order valence-electron chi connectivity index (χ3n) is 4.40. The van der Waals surface area contributed by atoms with Crippen LogP contribution in [0.4, 0.5) is 16.3 Å². The van der Waals surface area contributed by atoms with Crippen molar-refractivity contribution in [3.8, 4) is 0 Å². The maximum absolute atomic E-state index is 12.2. The van der Waals surface area contributed by atoms with Gasteiger partial charge < -0.3 is 22.1 Å². The standard InChI is InChI=1S/C15H21N5O2S/c16-12-8(5-6-18-14(12)17)10(21)3-1-2-4-11-13-9(7-23-11)19-15(22)20-13/h5-6,9,11,13H,1-4,7,16H2,(H2,17,18)(H2,19,20,22)/t9-,11-,13-/m0/s1. The number of urea groups is 1. The van der Waals surface area contributed by atoms with Gasteiger partial charge in [-0.05, 0) is 18.9 Å². The summed E-state index contributed by atoms with van der Waals surface area (Å²) in [6.45, 7) is 0. The van der Waals surface area contributed by atoms with Crippen LogP contribution in [-0.4, -0.2) is 39.9 Å². The molecule has 124 valence electrons. The summed E-state index contributed by atoms with van der Waals surface area (Å²) >= 11 is 1.89. The van der Waals surface area contributed by atoms with Crippen molar-refractivity contribution >= 4 is 35.1 Å². The lowest BCUT2D eigenvalue weighted by Gasteiger charge is -2.16. The molecule has 8 heteroatoms. The van der Waals surface area contributed by atoms with E-state index < -0.39 is 0 Å². The number of ketones is 1. The fourth-order valence-electron chi connectivity index (χ4n) is 3.14. The molecule has 2 aliphatic rings. The molecule has 3 atom stereocenters. The van der Waals surface area contributed by atoms with Gasteiger partial charge in [-0.2, -0.15) is 11.8 Å². The molecule has 2 saturated heterocycles. The van der Waals surface area contributed by atoms with Crippen molar-refractivity contribution < 1.29 is 9.59 Å². The second-order valence-corrected chi connectivity index (χ2v) is 7.22. The molecule has 2 amide bonds. The van der Waals surface area contributed by atoms with Gasteiger partial charge in [-0.3, -0.25) is 4.79 Å². The molecule has 0 radical (unpaired) electrons. The number of fused-ring (bicyclic) bond motifs is 1. The molecule has 0 spiro atoms. The van der Waals surface area contributed by atoms with E-state index in [1.54, 1.807) is 6.07 Å². The summed E-state index contributed by atoms with van der Waals surface area (Å²) in [4.78, 5) is 27.4. The monoisotopic (exact) mass is 335 g/mol. The highest BCUT2D eigenvalue weighted by Crippen LogP contribution is 2.33. The van der Waals surface area contributed by atoms with Crippen molar-refractivity contribution in [3.63, 3.8) is 0 Å². The molecule has 2 aliphatic heterocycles. The minimum Gasteiger partial charge on any atom is -0.395 e. The number of rotatable bonds is 6. The van der Waals surface area contributed by atoms with Crippen molar-refractivity contribution in [2.24, 2.45) is 0 Å². The topological polar surface area (TPSA) is 123 Å². The molecule has 3 heterocycles. The third-order valence-corrected chi connectivity index (χ3v) is 5.91. The molecule has 0 aliphatic carbocycles. The average Bonchev–Trinajstić information content (AvgIpc) is 3.06. The highest BCUT2D eigenvalue weighted by Gasteiger charge is 2.42. The Hall–Kier alpha value is -1.96. The number of nitrogens with zero attached hydrogens (tertiary/aromatic N) is 1. The van der Waals surface area contributed by atoms with E-state index in [9.17, 15) is 9.59 Å². The van der Waals surface area contributed by atoms with Gasteiger partial charge in [0.15, 0.2) is 5.78 Å². The first kappa shape index (κ1) is 15.9. The Labute approximate surface area is 139 Å². The van der Waals surface area contributed by atoms with Crippen molar-refractivity contribution in [1.29, 1.82) is 0 Å². The number of anilines is 2. The number of carbonyl (C=O) groups is 2. The fourth-order valence-corrected chi connectivity index (χ4v) is 4.68. The first-order valence-electron chi connectivity index (χ1n) is 7.78. The summed E-state index contributed by atoms with van der Waals surface area (Å²) in [5.41, 5.74) is 12.2. The van der Waals surface area contributed by atoms with Crippen LogP contribution in [0.15, 0.2) is 12.3 Å². The maximum atomic E-state index is 12.2. The number of pyridine rings is 1. The molecule has 0 saturated carbocycles. The van der Waals surface area contributed by atoms with Crippen LogP contribution in [-0.2, 0) is 0 Å². The average molecular weight is 335 g/mol. The van der Waals surface area contributed by atoms with E-state index in [1.165, 1.54) is 6.20 Å². The number of aromatic nitrogens is 1. The van der Waals surface area contributed by atoms with Gasteiger partial charge in [-0.1, -0.05) is 6.42 Å². The number of nitrogens with two attached hydrogens (primary N) is 2. The third kappa shape index (κ3) is 3.36. The van der Waals surface area contributed by atoms with E-state index in [4.69, 9.17) is 11.5 Å². The Bertz CT molecular complexity index is 624. The summed E-state index contributed by atoms with van der Waals surface area (Å²) in [6, 6.07) is 2.02. The van der Waals surface area contributed by atoms with Gasteiger partial charge in [-0.25, -0.2) is 9.78 Å². The zero-order chi connectivity index (χ0) is 16.4. The normalized spacial score (nSPS) is 25.7. The van der Waals surface area contributed by atoms with Crippen LogP contribution < -0.4 is 22.1 Å². The number of thioether (sulfide) groups is 1. The minimum absolute atomic E-state index is 0.00406. The largest absolute Gasteiger partial charge is 0.395 e. The number of Topliss-reactive ketones (excluding diaryl/α,β-unsaturated/α-hetero) is 1. The Kier molecular flexibility index (Phi) is 4.61. The van der Waals surface area contributed by atoms with Crippen LogP contribution in [0.1, 0.15) is 36.0 Å². The van der Waals surface area contributed by atoms with E-state index in [-0.39, 0.29) is 35.4 Å². The molecule has 1 aromatic heterocycles. The van der Waals surface area contributed by atoms with Crippen LogP contribution in [0, 0.1) is 0 Å². The zero-order valence-corrected chi connectivity index (χ0v) is 13.6. The number of hydrogen-bond acceptors (Lipinski definition) is 6. The van der Waals surface area contributed by atoms with Gasteiger partial charge >= 0.3 is 6.03 Å². The van der Waals surface area contributed by atoms with Crippen molar-refractivity contribution in [2.45, 2.75) is 43.0 Å². The molecule has 7 nitrogen and oxygen atoms in total. The van der Waals surface area contributed by atoms with Gasteiger partial charge in [0.25, 0.3) is 0 Å². The summed E-state index contributed by atoms with van der Waals surface area (Å²) < 4.78 is 0. The lowest BCUT2D eigenvalue weighted by Crippen LogP contribution is -2.36. The highest BCUT2D eigenvalue weighted by molar-refractivity contribution is 8.00. The highest BCUT2D eigenvalue weighted by atomic mass is 32.2. The molecule has 1 aromatic rings. The zero-order valence-electron chi connectivity index (χ0n) is 12.7. The second-order valence-electron chi connectivity index (χ2n) is 5.95. The number of hydrogen-bond donors (Lipinski definition) is 4. The van der Waals surface area contributed by atoms with E-state index in [0.717, 1.165) is 25.0 Å². The molecular weight excluding hydrogens is 314 g/mol. The van der Waals surface area contributed by atoms with Gasteiger partial charge in [0.2, 0.25) is 0 Å². The first-order chi connectivity index (χ1) is 11.1. The van der Waals surface area contributed by atoms with E-state index in [2.05, 4.69) is 15.6 Å². The Balaban J connectivity index is 1.44. The Morgan fingerprint density at radius 2 is 2.17 bits per heavy atom. The number of carbonyl (C=O) groups excluding carboxylic acids is 2. The van der Waals surface area contributed by atoms with E-state index in [0.29, 0.717) is 17.2 Å². The molecule has 0 bridgehead atoms. The summed E-state index contributed by atoms with van der Waals surface area (Å²) in [6.07, 6.45) is 4.70. The predicted octanol–water partition coefficient (Wildman–Crippen LogP) is 1.15. The lowest BCUT2D eigenvalue weighted by molar-refractivity contribution is 0.0980. The van der Waals surface area contributed by atoms with Crippen LogP contribution in [0.2, 0.25) is 0 Å². The summed E-state index contributed by atoms with van der Waals surface area (Å²) in [7, 11) is 0. The van der Waals surface area contributed by atoms with Crippen LogP contribution in [0.3, 0.4) is 0 Å². The smallest absolute Gasteiger partial charge is 0.315 e. The molecule has 23 heavy (non-hydrogen) atoms. The van der Waals surface area contributed by atoms with Gasteiger partial charge in [0.05, 0.1) is 17.8 Å². The van der Waals surface area contributed by atoms with Crippen molar-refractivity contribution in [1.82, 2.24) is 15.6 Å². The molecular formula is C15H21N5O2S. The fraction of sp³-hybridized carbons (Fsp3) is 0.533. The van der Waals surface area contributed by atoms with E-state index >= 15 is 0 Å². The number of unbranched alkanes of at least 4 members (excludes halogenated alkanes) is 1. The molecule has 6 N–H and O–H groups in total. The van der Waals surface area contributed by atoms with Crippen molar-refractivity contribution in [2.75, 3.05) is 17.2 Å². The Morgan fingerprint density at radius 3 is 3.00 bits per heavy atom. The number of amides is 2. The number of nitrogen functional groups attached to an aromatic ring is 2. The first-order valence-corrected chi connectivity index (χ1v) is 8.83. The van der Waals surface area contributed by atoms with Crippen molar-refractivity contribution in [3.05, 3.63) is 17.8 Å². The van der Waals surface area contributed by atoms with Gasteiger partial charge in [-0.15, -0.1) is 0 Å². The SMILES string of the molecule is Nc1nccc(C(=O)CCCC[C@@H]2SC[C@@H]3NC(=O)N[C@@H]32)c1N. The predicted molar refractivity (Wildman–Crippen MR) is 91.3 cm³/mol. The van der Waals surface area contributed by atoms with E-state index in [1.807, 2.05) is 11.8 Å². The van der Waals surface area contributed by atoms with Crippen LogP contribution in [0.25, 0.3) is 0 Å². The second kappa shape index (κ2) is 6.66. The lowest BCUT2D eigenvalue weighted by atomic mass is 10.0. The van der Waals surface area contributed by atoms with Crippen LogP contribution in [0.5, 0.6) is 0 Å². The molecule has 0 aromatic carbocycles. The summed E-state index contributed by atoms with van der Waals surface area (Å²) in [5, 5.41) is 6.34. The quantitative estimate of drug-likeness (QED) is 0.351. The maximum Gasteiger partial charge on any atom is 0.315 e. The molecule has 3 rings (SSSR count). The minimum atomic E-state index is -0.0637. The van der Waals surface area contributed by atoms with Gasteiger partial charge in [0, 0.05) is 29.2 Å². The summed E-state index contributed by atoms with van der Waals surface area (Å²) in [5.74, 6) is 1.16. The van der Waals surface area contributed by atoms with Crippen LogP contribution >= 0.6 is 11.8 Å². The molecule has 0 unspecified atom stereocenters. The Morgan fingerprint density at radius 1 is 1.35 bits per heavy atom. The van der Waals surface area contributed by atoms with Gasteiger partial charge in [0.1, 0.15) is 5.82 Å². The number of nitrogens with one attached hydrogen (secondary N) is 2. The molecule has 2 fully saturated rings.